The van der Waals surface area contributed by atoms with Crippen molar-refractivity contribution in [2.45, 2.75) is 50.2 Å². The van der Waals surface area contributed by atoms with Gasteiger partial charge < -0.3 is 4.57 Å². The number of carbonyl (C=O) groups is 1. The first-order valence-electron chi connectivity index (χ1n) is 6.16. The largest absolute Gasteiger partial charge is 0.306 e. The predicted octanol–water partition coefficient (Wildman–Crippen LogP) is 2.34. The number of allylic oxidation sites excluding steroid dienone is 2. The van der Waals surface area contributed by atoms with Crippen LogP contribution in [-0.2, 0) is 17.8 Å². The minimum absolute atomic E-state index is 0.239. The standard InChI is InChI=1S/C12H15N3OS/c16-9-5-6-10(8-9)17-12-14-13-11-4-2-1-3-7-15(11)12/h8H,1-7H2. The van der Waals surface area contributed by atoms with Gasteiger partial charge in [0.25, 0.3) is 0 Å². The molecule has 2 aliphatic rings. The molecule has 0 atom stereocenters. The second-order valence-corrected chi connectivity index (χ2v) is 5.63. The van der Waals surface area contributed by atoms with E-state index in [4.69, 9.17) is 0 Å². The summed E-state index contributed by atoms with van der Waals surface area (Å²) in [6.07, 6.45) is 8.00. The molecule has 0 N–H and O–H groups in total. The first kappa shape index (κ1) is 11.0. The van der Waals surface area contributed by atoms with Crippen molar-refractivity contribution in [2.75, 3.05) is 0 Å². The van der Waals surface area contributed by atoms with Crippen LogP contribution in [0.2, 0.25) is 0 Å². The third-order valence-corrected chi connectivity index (χ3v) is 4.31. The molecule has 0 radical (unpaired) electrons. The maximum atomic E-state index is 11.2. The molecule has 0 saturated carbocycles. The van der Waals surface area contributed by atoms with Crippen molar-refractivity contribution in [2.24, 2.45) is 0 Å². The molecule has 1 aromatic rings. The first-order valence-corrected chi connectivity index (χ1v) is 6.98. The normalized spacial score (nSPS) is 20.0. The van der Waals surface area contributed by atoms with Gasteiger partial charge in [0.1, 0.15) is 5.82 Å². The SMILES string of the molecule is O=C1C=C(Sc2nnc3n2CCCCC3)CC1. The van der Waals surface area contributed by atoms with E-state index in [2.05, 4.69) is 14.8 Å². The van der Waals surface area contributed by atoms with Crippen LogP contribution < -0.4 is 0 Å². The van der Waals surface area contributed by atoms with E-state index >= 15 is 0 Å². The number of carbonyl (C=O) groups excluding carboxylic acids is 1. The predicted molar refractivity (Wildman–Crippen MR) is 65.8 cm³/mol. The van der Waals surface area contributed by atoms with Crippen molar-refractivity contribution in [3.63, 3.8) is 0 Å². The van der Waals surface area contributed by atoms with Gasteiger partial charge in [-0.2, -0.15) is 0 Å². The summed E-state index contributed by atoms with van der Waals surface area (Å²) < 4.78 is 2.22. The van der Waals surface area contributed by atoms with Crippen LogP contribution in [0.1, 0.15) is 37.9 Å². The zero-order valence-corrected chi connectivity index (χ0v) is 10.5. The lowest BCUT2D eigenvalue weighted by Gasteiger charge is -2.06. The Labute approximate surface area is 104 Å². The molecular weight excluding hydrogens is 234 g/mol. The number of aromatic nitrogens is 3. The van der Waals surface area contributed by atoms with Gasteiger partial charge in [0.2, 0.25) is 0 Å². The number of nitrogens with zero attached hydrogens (tertiary/aromatic N) is 3. The molecule has 4 nitrogen and oxygen atoms in total. The topological polar surface area (TPSA) is 47.8 Å². The van der Waals surface area contributed by atoms with Gasteiger partial charge in [-0.3, -0.25) is 4.79 Å². The molecule has 1 aliphatic heterocycles. The number of thioether (sulfide) groups is 1. The summed E-state index contributed by atoms with van der Waals surface area (Å²) in [4.78, 5) is 12.3. The Balaban J connectivity index is 1.81. The summed E-state index contributed by atoms with van der Waals surface area (Å²) in [5, 5.41) is 9.47. The number of fused-ring (bicyclic) bond motifs is 1. The van der Waals surface area contributed by atoms with Crippen LogP contribution in [0.4, 0.5) is 0 Å². The zero-order valence-electron chi connectivity index (χ0n) is 9.69. The molecule has 0 amide bonds. The van der Waals surface area contributed by atoms with Crippen LogP contribution in [0, 0.1) is 0 Å². The molecule has 3 rings (SSSR count). The minimum Gasteiger partial charge on any atom is -0.306 e. The van der Waals surface area contributed by atoms with Crippen LogP contribution in [-0.4, -0.2) is 20.5 Å². The Morgan fingerprint density at radius 2 is 2.06 bits per heavy atom. The van der Waals surface area contributed by atoms with Gasteiger partial charge in [-0.25, -0.2) is 0 Å². The van der Waals surface area contributed by atoms with Gasteiger partial charge in [0.15, 0.2) is 10.9 Å². The Bertz CT molecular complexity index is 478. The molecule has 0 fully saturated rings. The highest BCUT2D eigenvalue weighted by atomic mass is 32.2. The van der Waals surface area contributed by atoms with E-state index in [1.165, 1.54) is 19.3 Å². The quantitative estimate of drug-likeness (QED) is 0.807. The van der Waals surface area contributed by atoms with E-state index in [1.54, 1.807) is 17.8 Å². The molecule has 2 heterocycles. The van der Waals surface area contributed by atoms with Crippen molar-refractivity contribution in [1.82, 2.24) is 14.8 Å². The maximum Gasteiger partial charge on any atom is 0.195 e. The molecule has 0 aromatic carbocycles. The molecule has 0 bridgehead atoms. The van der Waals surface area contributed by atoms with Crippen molar-refractivity contribution in [3.05, 3.63) is 16.8 Å². The molecule has 17 heavy (non-hydrogen) atoms. The van der Waals surface area contributed by atoms with Crippen LogP contribution in [0.15, 0.2) is 16.1 Å². The fourth-order valence-corrected chi connectivity index (χ4v) is 3.32. The second kappa shape index (κ2) is 4.64. The van der Waals surface area contributed by atoms with Crippen LogP contribution in [0.5, 0.6) is 0 Å². The van der Waals surface area contributed by atoms with E-state index in [0.29, 0.717) is 6.42 Å². The van der Waals surface area contributed by atoms with Gasteiger partial charge in [-0.1, -0.05) is 18.2 Å². The molecular formula is C12H15N3OS. The Hall–Kier alpha value is -1.10. The lowest BCUT2D eigenvalue weighted by molar-refractivity contribution is -0.114. The summed E-state index contributed by atoms with van der Waals surface area (Å²) in [5.41, 5.74) is 0. The van der Waals surface area contributed by atoms with Gasteiger partial charge in [0, 0.05) is 19.4 Å². The zero-order chi connectivity index (χ0) is 11.7. The van der Waals surface area contributed by atoms with E-state index in [-0.39, 0.29) is 5.78 Å². The smallest absolute Gasteiger partial charge is 0.195 e. The monoisotopic (exact) mass is 249 g/mol. The number of rotatable bonds is 2. The van der Waals surface area contributed by atoms with Gasteiger partial charge in [0.05, 0.1) is 0 Å². The van der Waals surface area contributed by atoms with E-state index < -0.39 is 0 Å². The third kappa shape index (κ3) is 2.29. The highest BCUT2D eigenvalue weighted by molar-refractivity contribution is 8.03. The molecule has 5 heteroatoms. The number of aryl methyl sites for hydroxylation is 1. The fraction of sp³-hybridized carbons (Fsp3) is 0.583. The van der Waals surface area contributed by atoms with Gasteiger partial charge >= 0.3 is 0 Å². The fourth-order valence-electron chi connectivity index (χ4n) is 2.30. The molecule has 0 unspecified atom stereocenters. The maximum absolute atomic E-state index is 11.2. The molecule has 0 spiro atoms. The van der Waals surface area contributed by atoms with Crippen molar-refractivity contribution in [1.29, 1.82) is 0 Å². The molecule has 1 aliphatic carbocycles. The second-order valence-electron chi connectivity index (χ2n) is 4.54. The van der Waals surface area contributed by atoms with E-state index in [0.717, 1.165) is 35.3 Å². The van der Waals surface area contributed by atoms with Gasteiger partial charge in [-0.05, 0) is 30.2 Å². The summed E-state index contributed by atoms with van der Waals surface area (Å²) in [6.45, 7) is 1.02. The van der Waals surface area contributed by atoms with E-state index in [9.17, 15) is 4.79 Å². The first-order chi connectivity index (χ1) is 8.33. The van der Waals surface area contributed by atoms with Crippen LogP contribution in [0.25, 0.3) is 0 Å². The summed E-state index contributed by atoms with van der Waals surface area (Å²) in [7, 11) is 0. The van der Waals surface area contributed by atoms with Crippen LogP contribution in [0.3, 0.4) is 0 Å². The van der Waals surface area contributed by atoms with E-state index in [1.807, 2.05) is 0 Å². The Kier molecular flexibility index (Phi) is 3.01. The summed E-state index contributed by atoms with van der Waals surface area (Å²) >= 11 is 1.62. The number of ketones is 1. The minimum atomic E-state index is 0.239. The average molecular weight is 249 g/mol. The summed E-state index contributed by atoms with van der Waals surface area (Å²) in [5.74, 6) is 1.35. The molecule has 90 valence electrons. The highest BCUT2D eigenvalue weighted by Crippen LogP contribution is 2.33. The highest BCUT2D eigenvalue weighted by Gasteiger charge is 2.19. The average Bonchev–Trinajstić information content (AvgIpc) is 2.80. The lowest BCUT2D eigenvalue weighted by Crippen LogP contribution is -2.02. The Morgan fingerprint density at radius 1 is 1.12 bits per heavy atom. The van der Waals surface area contributed by atoms with Crippen molar-refractivity contribution >= 4 is 17.5 Å². The third-order valence-electron chi connectivity index (χ3n) is 3.24. The lowest BCUT2D eigenvalue weighted by atomic mass is 10.2. The van der Waals surface area contributed by atoms with Gasteiger partial charge in [-0.15, -0.1) is 10.2 Å². The molecule has 1 aromatic heterocycles. The summed E-state index contributed by atoms with van der Waals surface area (Å²) in [6, 6.07) is 0. The Morgan fingerprint density at radius 3 is 2.88 bits per heavy atom. The van der Waals surface area contributed by atoms with Crippen molar-refractivity contribution < 1.29 is 4.79 Å². The number of hydrogen-bond acceptors (Lipinski definition) is 4. The number of hydrogen-bond donors (Lipinski definition) is 0. The molecule has 0 saturated heterocycles. The van der Waals surface area contributed by atoms with Crippen LogP contribution >= 0.6 is 11.8 Å². The van der Waals surface area contributed by atoms with Crippen molar-refractivity contribution in [3.8, 4) is 0 Å².